The van der Waals surface area contributed by atoms with E-state index in [2.05, 4.69) is 37.4 Å². The first-order valence-electron chi connectivity index (χ1n) is 7.33. The van der Waals surface area contributed by atoms with Crippen molar-refractivity contribution in [2.45, 2.75) is 32.6 Å². The molecule has 1 heterocycles. The molecule has 0 unspecified atom stereocenters. The molecule has 0 saturated carbocycles. The number of carboxylic acid groups (broad SMARTS) is 1. The fourth-order valence-electron chi connectivity index (χ4n) is 2.62. The Morgan fingerprint density at radius 2 is 2.14 bits per heavy atom. The number of carbonyl (C=O) groups excluding carboxylic acids is 1. The number of fused-ring (bicyclic) bond motifs is 1. The van der Waals surface area contributed by atoms with Crippen LogP contribution in [-0.4, -0.2) is 36.6 Å². The van der Waals surface area contributed by atoms with Crippen LogP contribution in [0.1, 0.15) is 37.3 Å². The van der Waals surface area contributed by atoms with Gasteiger partial charge < -0.3 is 15.3 Å². The smallest absolute Gasteiger partial charge is 0.322 e. The predicted molar refractivity (Wildman–Crippen MR) is 81.7 cm³/mol. The van der Waals surface area contributed by atoms with Crippen molar-refractivity contribution in [3.8, 4) is 0 Å². The standard InChI is InChI=1S/C16H22N2O3/c1-11(2)12-5-6-14-13(8-12)4-3-7-18(14)10-15(19)17-9-16(20)21/h5-6,8,11H,3-4,7,9-10H2,1-2H3,(H,17,19)(H,20,21). The third-order valence-corrected chi connectivity index (χ3v) is 3.76. The maximum atomic E-state index is 11.8. The summed E-state index contributed by atoms with van der Waals surface area (Å²) in [4.78, 5) is 24.3. The van der Waals surface area contributed by atoms with Crippen LogP contribution in [0.4, 0.5) is 5.69 Å². The number of rotatable bonds is 5. The summed E-state index contributed by atoms with van der Waals surface area (Å²) in [5.41, 5.74) is 3.68. The SMILES string of the molecule is CC(C)c1ccc2c(c1)CCCN2CC(=O)NCC(=O)O. The summed E-state index contributed by atoms with van der Waals surface area (Å²) < 4.78 is 0. The fraction of sp³-hybridized carbons (Fsp3) is 0.500. The third-order valence-electron chi connectivity index (χ3n) is 3.76. The molecule has 0 saturated heterocycles. The van der Waals surface area contributed by atoms with Crippen LogP contribution in [0.2, 0.25) is 0 Å². The molecule has 0 radical (unpaired) electrons. The molecule has 1 aromatic rings. The van der Waals surface area contributed by atoms with Gasteiger partial charge in [-0.25, -0.2) is 0 Å². The first-order chi connectivity index (χ1) is 9.97. The molecule has 1 aromatic carbocycles. The van der Waals surface area contributed by atoms with E-state index in [4.69, 9.17) is 5.11 Å². The quantitative estimate of drug-likeness (QED) is 0.867. The Balaban J connectivity index is 2.07. The second kappa shape index (κ2) is 6.61. The van der Waals surface area contributed by atoms with E-state index in [1.807, 2.05) is 4.90 Å². The van der Waals surface area contributed by atoms with Crippen LogP contribution >= 0.6 is 0 Å². The zero-order valence-electron chi connectivity index (χ0n) is 12.6. The maximum Gasteiger partial charge on any atom is 0.322 e. The number of anilines is 1. The predicted octanol–water partition coefficient (Wildman–Crippen LogP) is 1.76. The van der Waals surface area contributed by atoms with Gasteiger partial charge in [0.1, 0.15) is 6.54 Å². The van der Waals surface area contributed by atoms with Crippen molar-refractivity contribution in [2.24, 2.45) is 0 Å². The average molecular weight is 290 g/mol. The van der Waals surface area contributed by atoms with Gasteiger partial charge >= 0.3 is 5.97 Å². The van der Waals surface area contributed by atoms with Crippen LogP contribution in [0.15, 0.2) is 18.2 Å². The Labute approximate surface area is 125 Å². The molecule has 0 spiro atoms. The van der Waals surface area contributed by atoms with Gasteiger partial charge in [0.05, 0.1) is 6.54 Å². The second-order valence-electron chi connectivity index (χ2n) is 5.74. The van der Waals surface area contributed by atoms with E-state index >= 15 is 0 Å². The zero-order chi connectivity index (χ0) is 15.4. The van der Waals surface area contributed by atoms with Gasteiger partial charge in [-0.3, -0.25) is 9.59 Å². The van der Waals surface area contributed by atoms with Gasteiger partial charge in [0.15, 0.2) is 0 Å². The normalized spacial score (nSPS) is 14.0. The summed E-state index contributed by atoms with van der Waals surface area (Å²) in [7, 11) is 0. The van der Waals surface area contributed by atoms with E-state index in [9.17, 15) is 9.59 Å². The lowest BCUT2D eigenvalue weighted by Crippen LogP contribution is -2.41. The van der Waals surface area contributed by atoms with Crippen molar-refractivity contribution in [1.29, 1.82) is 0 Å². The molecule has 0 atom stereocenters. The Hall–Kier alpha value is -2.04. The average Bonchev–Trinajstić information content (AvgIpc) is 2.45. The number of amides is 1. The minimum Gasteiger partial charge on any atom is -0.480 e. The molecule has 0 bridgehead atoms. The zero-order valence-corrected chi connectivity index (χ0v) is 12.6. The van der Waals surface area contributed by atoms with Gasteiger partial charge in [-0.1, -0.05) is 26.0 Å². The molecule has 5 heteroatoms. The molecule has 2 rings (SSSR count). The van der Waals surface area contributed by atoms with Crippen molar-refractivity contribution in [3.05, 3.63) is 29.3 Å². The van der Waals surface area contributed by atoms with E-state index in [1.54, 1.807) is 0 Å². The second-order valence-corrected chi connectivity index (χ2v) is 5.74. The number of nitrogens with one attached hydrogen (secondary N) is 1. The fourth-order valence-corrected chi connectivity index (χ4v) is 2.62. The molecule has 0 aromatic heterocycles. The van der Waals surface area contributed by atoms with Crippen molar-refractivity contribution < 1.29 is 14.7 Å². The number of hydrogen-bond acceptors (Lipinski definition) is 3. The molecule has 0 fully saturated rings. The number of carboxylic acids is 1. The minimum absolute atomic E-state index is 0.210. The van der Waals surface area contributed by atoms with Gasteiger partial charge in [-0.05, 0) is 36.0 Å². The van der Waals surface area contributed by atoms with Crippen molar-refractivity contribution in [1.82, 2.24) is 5.32 Å². The van der Waals surface area contributed by atoms with Gasteiger partial charge in [0.2, 0.25) is 5.91 Å². The van der Waals surface area contributed by atoms with E-state index < -0.39 is 5.97 Å². The van der Waals surface area contributed by atoms with E-state index in [1.165, 1.54) is 11.1 Å². The summed E-state index contributed by atoms with van der Waals surface area (Å²) in [5, 5.41) is 11.0. The number of nitrogens with zero attached hydrogens (tertiary/aromatic N) is 1. The monoisotopic (exact) mass is 290 g/mol. The molecule has 2 N–H and O–H groups in total. The van der Waals surface area contributed by atoms with E-state index in [0.717, 1.165) is 25.1 Å². The molecular formula is C16H22N2O3. The minimum atomic E-state index is -1.02. The number of carbonyl (C=O) groups is 2. The van der Waals surface area contributed by atoms with Gasteiger partial charge in [0, 0.05) is 12.2 Å². The summed E-state index contributed by atoms with van der Waals surface area (Å²) >= 11 is 0. The summed E-state index contributed by atoms with van der Waals surface area (Å²) in [6.07, 6.45) is 2.05. The Morgan fingerprint density at radius 1 is 1.38 bits per heavy atom. The van der Waals surface area contributed by atoms with Gasteiger partial charge in [-0.15, -0.1) is 0 Å². The van der Waals surface area contributed by atoms with Crippen LogP contribution < -0.4 is 10.2 Å². The molecule has 114 valence electrons. The van der Waals surface area contributed by atoms with E-state index in [0.29, 0.717) is 5.92 Å². The highest BCUT2D eigenvalue weighted by molar-refractivity contribution is 5.85. The first-order valence-corrected chi connectivity index (χ1v) is 7.33. The molecule has 0 aliphatic carbocycles. The van der Waals surface area contributed by atoms with Crippen molar-refractivity contribution in [2.75, 3.05) is 24.5 Å². The summed E-state index contributed by atoms with van der Waals surface area (Å²) in [5.74, 6) is -0.785. The highest BCUT2D eigenvalue weighted by Crippen LogP contribution is 2.29. The number of aryl methyl sites for hydroxylation is 1. The van der Waals surface area contributed by atoms with Crippen LogP contribution in [0.3, 0.4) is 0 Å². The molecule has 1 aliphatic heterocycles. The van der Waals surface area contributed by atoms with E-state index in [-0.39, 0.29) is 19.0 Å². The third kappa shape index (κ3) is 3.97. The summed E-state index contributed by atoms with van der Waals surface area (Å²) in [6, 6.07) is 6.41. The lowest BCUT2D eigenvalue weighted by atomic mass is 9.95. The molecular weight excluding hydrogens is 268 g/mol. The number of hydrogen-bond donors (Lipinski definition) is 2. The molecule has 21 heavy (non-hydrogen) atoms. The lowest BCUT2D eigenvalue weighted by molar-refractivity contribution is -0.137. The highest BCUT2D eigenvalue weighted by atomic mass is 16.4. The van der Waals surface area contributed by atoms with Crippen LogP contribution in [0.5, 0.6) is 0 Å². The number of benzene rings is 1. The topological polar surface area (TPSA) is 69.6 Å². The molecule has 5 nitrogen and oxygen atoms in total. The Morgan fingerprint density at radius 3 is 2.81 bits per heavy atom. The van der Waals surface area contributed by atoms with Gasteiger partial charge in [0.25, 0.3) is 0 Å². The van der Waals surface area contributed by atoms with Gasteiger partial charge in [-0.2, -0.15) is 0 Å². The van der Waals surface area contributed by atoms with Crippen molar-refractivity contribution >= 4 is 17.6 Å². The van der Waals surface area contributed by atoms with Crippen LogP contribution in [0.25, 0.3) is 0 Å². The van der Waals surface area contributed by atoms with Crippen LogP contribution in [-0.2, 0) is 16.0 Å². The Kier molecular flexibility index (Phi) is 4.83. The maximum absolute atomic E-state index is 11.8. The lowest BCUT2D eigenvalue weighted by Gasteiger charge is -2.31. The van der Waals surface area contributed by atoms with Crippen molar-refractivity contribution in [3.63, 3.8) is 0 Å². The summed E-state index contributed by atoms with van der Waals surface area (Å²) in [6.45, 7) is 5.05. The highest BCUT2D eigenvalue weighted by Gasteiger charge is 2.20. The largest absolute Gasteiger partial charge is 0.480 e. The number of aliphatic carboxylic acids is 1. The first kappa shape index (κ1) is 15.4. The Bertz CT molecular complexity index is 540. The molecule has 1 aliphatic rings. The molecule has 1 amide bonds. The van der Waals surface area contributed by atoms with Crippen LogP contribution in [0, 0.1) is 0 Å².